The minimum absolute atomic E-state index is 0.0542. The molecule has 0 atom stereocenters. The average molecular weight is 378 g/mol. The van der Waals surface area contributed by atoms with Crippen LogP contribution in [0, 0.1) is 5.92 Å². The summed E-state index contributed by atoms with van der Waals surface area (Å²) < 4.78 is 5.42. The molecule has 1 saturated heterocycles. The molecule has 2 amide bonds. The molecule has 2 aromatic carbocycles. The Hall–Kier alpha value is -2.82. The van der Waals surface area contributed by atoms with E-state index in [1.807, 2.05) is 53.4 Å². The first-order valence-electron chi connectivity index (χ1n) is 9.99. The van der Waals surface area contributed by atoms with Gasteiger partial charge in [-0.15, -0.1) is 0 Å². The van der Waals surface area contributed by atoms with E-state index in [9.17, 15) is 9.59 Å². The van der Waals surface area contributed by atoms with E-state index < -0.39 is 0 Å². The third-order valence-corrected chi connectivity index (χ3v) is 5.63. The molecular formula is C23H26N2O3. The Morgan fingerprint density at radius 2 is 1.64 bits per heavy atom. The number of nitrogens with zero attached hydrogens (tertiary/aromatic N) is 1. The molecule has 1 heterocycles. The summed E-state index contributed by atoms with van der Waals surface area (Å²) in [6.07, 6.45) is 3.69. The standard InChI is InChI=1S/C23H26N2O3/c1-28-21-5-3-2-4-20(21)16-6-10-18(11-7-16)23(27)25-14-12-19(13-15-25)24-22(26)17-8-9-17/h2-7,10-11,17,19H,8-9,12-15H2,1H3,(H,24,26). The number of piperidine rings is 1. The van der Waals surface area contributed by atoms with E-state index in [0.29, 0.717) is 18.7 Å². The van der Waals surface area contributed by atoms with Gasteiger partial charge in [-0.1, -0.05) is 30.3 Å². The van der Waals surface area contributed by atoms with Crippen molar-refractivity contribution in [3.63, 3.8) is 0 Å². The summed E-state index contributed by atoms with van der Waals surface area (Å²) in [4.78, 5) is 26.6. The Balaban J connectivity index is 1.37. The van der Waals surface area contributed by atoms with E-state index in [-0.39, 0.29) is 23.8 Å². The zero-order valence-corrected chi connectivity index (χ0v) is 16.2. The fraction of sp³-hybridized carbons (Fsp3) is 0.391. The van der Waals surface area contributed by atoms with Gasteiger partial charge in [-0.2, -0.15) is 0 Å². The van der Waals surface area contributed by atoms with Crippen molar-refractivity contribution in [2.45, 2.75) is 31.7 Å². The number of hydrogen-bond acceptors (Lipinski definition) is 3. The number of amides is 2. The number of rotatable bonds is 5. The number of para-hydroxylation sites is 1. The Bertz CT molecular complexity index is 850. The number of carbonyl (C=O) groups is 2. The van der Waals surface area contributed by atoms with Crippen LogP contribution in [0.15, 0.2) is 48.5 Å². The van der Waals surface area contributed by atoms with Crippen LogP contribution in [-0.4, -0.2) is 43.0 Å². The van der Waals surface area contributed by atoms with Gasteiger partial charge in [-0.05, 0) is 49.4 Å². The monoisotopic (exact) mass is 378 g/mol. The zero-order valence-electron chi connectivity index (χ0n) is 16.2. The molecule has 1 aliphatic heterocycles. The topological polar surface area (TPSA) is 58.6 Å². The minimum Gasteiger partial charge on any atom is -0.496 e. The Morgan fingerprint density at radius 1 is 0.964 bits per heavy atom. The lowest BCUT2D eigenvalue weighted by Crippen LogP contribution is -2.46. The second-order valence-electron chi connectivity index (χ2n) is 7.63. The number of likely N-dealkylation sites (tertiary alicyclic amines) is 1. The van der Waals surface area contributed by atoms with Crippen molar-refractivity contribution >= 4 is 11.8 Å². The zero-order chi connectivity index (χ0) is 19.5. The molecule has 2 aromatic rings. The van der Waals surface area contributed by atoms with Gasteiger partial charge in [0.1, 0.15) is 5.75 Å². The van der Waals surface area contributed by atoms with E-state index in [1.54, 1.807) is 7.11 Å². The summed E-state index contributed by atoms with van der Waals surface area (Å²) in [5.74, 6) is 1.30. The first kappa shape index (κ1) is 18.5. The van der Waals surface area contributed by atoms with Crippen molar-refractivity contribution in [3.05, 3.63) is 54.1 Å². The summed E-state index contributed by atoms with van der Waals surface area (Å²) in [5.41, 5.74) is 2.73. The number of benzene rings is 2. The molecule has 0 radical (unpaired) electrons. The minimum atomic E-state index is 0.0542. The lowest BCUT2D eigenvalue weighted by molar-refractivity contribution is -0.123. The number of carbonyl (C=O) groups excluding carboxylic acids is 2. The highest BCUT2D eigenvalue weighted by Gasteiger charge is 2.32. The van der Waals surface area contributed by atoms with Gasteiger partial charge < -0.3 is 15.0 Å². The highest BCUT2D eigenvalue weighted by Crippen LogP contribution is 2.30. The molecular weight excluding hydrogens is 352 g/mol. The lowest BCUT2D eigenvalue weighted by atomic mass is 10.0. The van der Waals surface area contributed by atoms with Crippen LogP contribution in [0.25, 0.3) is 11.1 Å². The van der Waals surface area contributed by atoms with Crippen LogP contribution in [0.4, 0.5) is 0 Å². The molecule has 2 fully saturated rings. The molecule has 0 unspecified atom stereocenters. The molecule has 28 heavy (non-hydrogen) atoms. The smallest absolute Gasteiger partial charge is 0.253 e. The van der Waals surface area contributed by atoms with Crippen molar-refractivity contribution < 1.29 is 14.3 Å². The summed E-state index contributed by atoms with van der Waals surface area (Å²) >= 11 is 0. The Labute approximate surface area is 165 Å². The molecule has 5 nitrogen and oxygen atoms in total. The maximum Gasteiger partial charge on any atom is 0.253 e. The number of ether oxygens (including phenoxy) is 1. The van der Waals surface area contributed by atoms with Crippen LogP contribution in [0.2, 0.25) is 0 Å². The normalized spacial score (nSPS) is 17.2. The highest BCUT2D eigenvalue weighted by atomic mass is 16.5. The summed E-state index contributed by atoms with van der Waals surface area (Å²) in [6, 6.07) is 15.7. The summed E-state index contributed by atoms with van der Waals surface area (Å²) in [6.45, 7) is 1.37. The quantitative estimate of drug-likeness (QED) is 0.866. The molecule has 0 bridgehead atoms. The molecule has 1 aliphatic carbocycles. The van der Waals surface area contributed by atoms with Gasteiger partial charge in [0.15, 0.2) is 0 Å². The summed E-state index contributed by atoms with van der Waals surface area (Å²) in [5, 5.41) is 3.13. The maximum absolute atomic E-state index is 12.8. The van der Waals surface area contributed by atoms with Crippen LogP contribution < -0.4 is 10.1 Å². The molecule has 1 saturated carbocycles. The number of hydrogen-bond donors (Lipinski definition) is 1. The van der Waals surface area contributed by atoms with E-state index in [0.717, 1.165) is 42.6 Å². The van der Waals surface area contributed by atoms with Crippen LogP contribution >= 0.6 is 0 Å². The second-order valence-corrected chi connectivity index (χ2v) is 7.63. The van der Waals surface area contributed by atoms with Crippen molar-refractivity contribution in [2.75, 3.05) is 20.2 Å². The third-order valence-electron chi connectivity index (χ3n) is 5.63. The fourth-order valence-electron chi connectivity index (χ4n) is 3.75. The molecule has 2 aliphatic rings. The highest BCUT2D eigenvalue weighted by molar-refractivity contribution is 5.95. The maximum atomic E-state index is 12.8. The van der Waals surface area contributed by atoms with Gasteiger partial charge in [0, 0.05) is 36.2 Å². The molecule has 0 spiro atoms. The predicted molar refractivity (Wildman–Crippen MR) is 108 cm³/mol. The van der Waals surface area contributed by atoms with Crippen molar-refractivity contribution in [1.29, 1.82) is 0 Å². The van der Waals surface area contributed by atoms with Gasteiger partial charge in [-0.3, -0.25) is 9.59 Å². The Morgan fingerprint density at radius 3 is 2.29 bits per heavy atom. The predicted octanol–water partition coefficient (Wildman–Crippen LogP) is 3.49. The Kier molecular flexibility index (Phi) is 5.33. The average Bonchev–Trinajstić information content (AvgIpc) is 3.59. The van der Waals surface area contributed by atoms with Crippen LogP contribution in [0.1, 0.15) is 36.0 Å². The molecule has 5 heteroatoms. The van der Waals surface area contributed by atoms with E-state index in [2.05, 4.69) is 5.32 Å². The number of methoxy groups -OCH3 is 1. The van der Waals surface area contributed by atoms with Crippen molar-refractivity contribution in [1.82, 2.24) is 10.2 Å². The van der Waals surface area contributed by atoms with Crippen molar-refractivity contribution in [3.8, 4) is 16.9 Å². The van der Waals surface area contributed by atoms with E-state index in [1.165, 1.54) is 0 Å². The van der Waals surface area contributed by atoms with Gasteiger partial charge in [0.25, 0.3) is 5.91 Å². The van der Waals surface area contributed by atoms with Crippen LogP contribution in [0.3, 0.4) is 0 Å². The van der Waals surface area contributed by atoms with Gasteiger partial charge >= 0.3 is 0 Å². The first-order valence-corrected chi connectivity index (χ1v) is 9.99. The van der Waals surface area contributed by atoms with Gasteiger partial charge in [0.05, 0.1) is 7.11 Å². The van der Waals surface area contributed by atoms with Crippen molar-refractivity contribution in [2.24, 2.45) is 5.92 Å². The number of nitrogens with one attached hydrogen (secondary N) is 1. The molecule has 146 valence electrons. The summed E-state index contributed by atoms with van der Waals surface area (Å²) in [7, 11) is 1.66. The molecule has 1 N–H and O–H groups in total. The van der Waals surface area contributed by atoms with Gasteiger partial charge in [0.2, 0.25) is 5.91 Å². The lowest BCUT2D eigenvalue weighted by Gasteiger charge is -2.32. The van der Waals surface area contributed by atoms with Gasteiger partial charge in [-0.25, -0.2) is 0 Å². The molecule has 4 rings (SSSR count). The van der Waals surface area contributed by atoms with Crippen LogP contribution in [0.5, 0.6) is 5.75 Å². The van der Waals surface area contributed by atoms with E-state index >= 15 is 0 Å². The largest absolute Gasteiger partial charge is 0.496 e. The fourth-order valence-corrected chi connectivity index (χ4v) is 3.75. The second kappa shape index (κ2) is 8.05. The third kappa shape index (κ3) is 4.03. The van der Waals surface area contributed by atoms with E-state index in [4.69, 9.17) is 4.74 Å². The first-order chi connectivity index (χ1) is 13.7. The van der Waals surface area contributed by atoms with Crippen LogP contribution in [-0.2, 0) is 4.79 Å². The SMILES string of the molecule is COc1ccccc1-c1ccc(C(=O)N2CCC(NC(=O)C3CC3)CC2)cc1. The molecule has 0 aromatic heterocycles.